The van der Waals surface area contributed by atoms with Crippen LogP contribution in [-0.4, -0.2) is 33.9 Å². The minimum atomic E-state index is -0.158. The highest BCUT2D eigenvalue weighted by atomic mass is 16.3. The molecule has 126 valence electrons. The monoisotopic (exact) mass is 309 g/mol. The van der Waals surface area contributed by atoms with E-state index in [1.165, 1.54) is 0 Å². The molecule has 0 aliphatic rings. The van der Waals surface area contributed by atoms with E-state index in [-0.39, 0.29) is 23.5 Å². The minimum absolute atomic E-state index is 0.124. The van der Waals surface area contributed by atoms with E-state index in [1.807, 2.05) is 24.6 Å². The van der Waals surface area contributed by atoms with Crippen molar-refractivity contribution in [3.63, 3.8) is 0 Å². The Labute approximate surface area is 134 Å². The molecule has 1 heterocycles. The lowest BCUT2D eigenvalue weighted by Gasteiger charge is -2.24. The van der Waals surface area contributed by atoms with Crippen LogP contribution in [0.3, 0.4) is 0 Å². The van der Waals surface area contributed by atoms with Gasteiger partial charge < -0.3 is 10.4 Å². The van der Waals surface area contributed by atoms with Gasteiger partial charge in [0, 0.05) is 18.8 Å². The van der Waals surface area contributed by atoms with Gasteiger partial charge in [0.1, 0.15) is 5.69 Å². The molecule has 5 heteroatoms. The zero-order valence-electron chi connectivity index (χ0n) is 15.0. The highest BCUT2D eigenvalue weighted by Gasteiger charge is 2.24. The predicted octanol–water partition coefficient (Wildman–Crippen LogP) is 2.90. The van der Waals surface area contributed by atoms with Crippen molar-refractivity contribution in [3.05, 3.63) is 17.5 Å². The van der Waals surface area contributed by atoms with Crippen LogP contribution >= 0.6 is 0 Å². The fourth-order valence-corrected chi connectivity index (χ4v) is 2.26. The molecule has 0 saturated heterocycles. The zero-order chi connectivity index (χ0) is 17.1. The first-order valence-corrected chi connectivity index (χ1v) is 7.97. The number of hydrogen-bond donors (Lipinski definition) is 2. The summed E-state index contributed by atoms with van der Waals surface area (Å²) < 4.78 is 1.94. The van der Waals surface area contributed by atoms with Gasteiger partial charge in [0.15, 0.2) is 0 Å². The van der Waals surface area contributed by atoms with E-state index in [9.17, 15) is 4.79 Å². The van der Waals surface area contributed by atoms with Crippen molar-refractivity contribution in [2.75, 3.05) is 13.2 Å². The summed E-state index contributed by atoms with van der Waals surface area (Å²) in [7, 11) is 0. The third kappa shape index (κ3) is 4.83. The molecular formula is C17H31N3O2. The second kappa shape index (κ2) is 6.82. The molecule has 1 rings (SSSR count). The number of aromatic nitrogens is 2. The van der Waals surface area contributed by atoms with Crippen LogP contribution in [0.25, 0.3) is 0 Å². The normalized spacial score (nSPS) is 12.8. The topological polar surface area (TPSA) is 67.2 Å². The number of nitrogens with one attached hydrogen (secondary N) is 1. The lowest BCUT2D eigenvalue weighted by Crippen LogP contribution is -2.35. The average molecular weight is 309 g/mol. The van der Waals surface area contributed by atoms with E-state index in [1.54, 1.807) is 0 Å². The Kier molecular flexibility index (Phi) is 5.79. The van der Waals surface area contributed by atoms with Gasteiger partial charge in [0.25, 0.3) is 5.91 Å². The zero-order valence-corrected chi connectivity index (χ0v) is 15.0. The van der Waals surface area contributed by atoms with Crippen molar-refractivity contribution in [1.82, 2.24) is 15.1 Å². The molecule has 0 aliphatic carbocycles. The van der Waals surface area contributed by atoms with Gasteiger partial charge in [-0.1, -0.05) is 27.7 Å². The quantitative estimate of drug-likeness (QED) is 0.849. The highest BCUT2D eigenvalue weighted by Crippen LogP contribution is 2.24. The van der Waals surface area contributed by atoms with Crippen LogP contribution in [0.15, 0.2) is 6.07 Å². The molecule has 0 radical (unpaired) electrons. The highest BCUT2D eigenvalue weighted by molar-refractivity contribution is 5.92. The van der Waals surface area contributed by atoms with Crippen LogP contribution in [-0.2, 0) is 5.54 Å². The van der Waals surface area contributed by atoms with E-state index in [0.717, 1.165) is 5.69 Å². The molecule has 0 fully saturated rings. The van der Waals surface area contributed by atoms with Gasteiger partial charge in [0.2, 0.25) is 0 Å². The molecule has 0 bridgehead atoms. The molecule has 1 amide bonds. The molecule has 1 aromatic rings. The molecule has 0 saturated carbocycles. The Bertz CT molecular complexity index is 510. The number of aliphatic hydroxyl groups excluding tert-OH is 1. The number of nitrogens with zero attached hydrogens (tertiary/aromatic N) is 2. The fraction of sp³-hybridized carbons (Fsp3) is 0.765. The standard InChI is InChI=1S/C17H31N3O2/c1-12(2)14-10-13(19-20(14)16(3,4)5)15(22)18-11-17(6,7)8-9-21/h10,12,21H,8-9,11H2,1-7H3,(H,18,22). The third-order valence-electron chi connectivity index (χ3n) is 3.71. The SMILES string of the molecule is CC(C)c1cc(C(=O)NCC(C)(C)CCO)nn1C(C)(C)C. The number of carbonyl (C=O) groups excluding carboxylic acids is 1. The number of amides is 1. The van der Waals surface area contributed by atoms with Gasteiger partial charge in [-0.05, 0) is 44.6 Å². The van der Waals surface area contributed by atoms with Gasteiger partial charge in [0.05, 0.1) is 5.54 Å². The maximum Gasteiger partial charge on any atom is 0.271 e. The summed E-state index contributed by atoms with van der Waals surface area (Å²) in [6.45, 7) is 15.1. The maximum absolute atomic E-state index is 12.4. The van der Waals surface area contributed by atoms with E-state index in [2.05, 4.69) is 45.0 Å². The molecule has 22 heavy (non-hydrogen) atoms. The number of hydrogen-bond acceptors (Lipinski definition) is 3. The summed E-state index contributed by atoms with van der Waals surface area (Å²) in [4.78, 5) is 12.4. The van der Waals surface area contributed by atoms with E-state index >= 15 is 0 Å². The Morgan fingerprint density at radius 3 is 2.32 bits per heavy atom. The first kappa shape index (κ1) is 18.7. The largest absolute Gasteiger partial charge is 0.396 e. The molecule has 0 aromatic carbocycles. The van der Waals surface area contributed by atoms with Crippen LogP contribution in [0.5, 0.6) is 0 Å². The molecule has 0 unspecified atom stereocenters. The number of aliphatic hydroxyl groups is 1. The van der Waals surface area contributed by atoms with Crippen LogP contribution < -0.4 is 5.32 Å². The van der Waals surface area contributed by atoms with Gasteiger partial charge in [-0.2, -0.15) is 5.10 Å². The fourth-order valence-electron chi connectivity index (χ4n) is 2.26. The van der Waals surface area contributed by atoms with Gasteiger partial charge in [-0.3, -0.25) is 9.48 Å². The van der Waals surface area contributed by atoms with Crippen LogP contribution in [0.4, 0.5) is 0 Å². The molecule has 2 N–H and O–H groups in total. The second-order valence-corrected chi connectivity index (χ2v) is 8.01. The summed E-state index contributed by atoms with van der Waals surface area (Å²) in [5.74, 6) is 0.148. The molecule has 0 aliphatic heterocycles. The summed E-state index contributed by atoms with van der Waals surface area (Å²) in [6, 6.07) is 1.88. The van der Waals surface area contributed by atoms with E-state index in [0.29, 0.717) is 24.6 Å². The lowest BCUT2D eigenvalue weighted by atomic mass is 9.90. The second-order valence-electron chi connectivity index (χ2n) is 8.01. The lowest BCUT2D eigenvalue weighted by molar-refractivity contribution is 0.0921. The average Bonchev–Trinajstić information content (AvgIpc) is 2.81. The minimum Gasteiger partial charge on any atom is -0.396 e. The van der Waals surface area contributed by atoms with E-state index in [4.69, 9.17) is 5.11 Å². The Morgan fingerprint density at radius 2 is 1.91 bits per heavy atom. The summed E-state index contributed by atoms with van der Waals surface area (Å²) >= 11 is 0. The Morgan fingerprint density at radius 1 is 1.32 bits per heavy atom. The van der Waals surface area contributed by atoms with Crippen molar-refractivity contribution in [2.45, 2.75) is 66.3 Å². The Hall–Kier alpha value is -1.36. The van der Waals surface area contributed by atoms with Gasteiger partial charge in [-0.25, -0.2) is 0 Å². The smallest absolute Gasteiger partial charge is 0.271 e. The van der Waals surface area contributed by atoms with E-state index < -0.39 is 0 Å². The first-order chi connectivity index (χ1) is 9.98. The Balaban J connectivity index is 2.91. The third-order valence-corrected chi connectivity index (χ3v) is 3.71. The van der Waals surface area contributed by atoms with Crippen molar-refractivity contribution in [1.29, 1.82) is 0 Å². The van der Waals surface area contributed by atoms with Crippen molar-refractivity contribution in [3.8, 4) is 0 Å². The molecule has 0 atom stereocenters. The predicted molar refractivity (Wildman–Crippen MR) is 89.1 cm³/mol. The van der Waals surface area contributed by atoms with Crippen LogP contribution in [0.1, 0.15) is 77.0 Å². The van der Waals surface area contributed by atoms with Crippen molar-refractivity contribution >= 4 is 5.91 Å². The molecule has 0 spiro atoms. The number of carbonyl (C=O) groups is 1. The van der Waals surface area contributed by atoms with Crippen molar-refractivity contribution in [2.24, 2.45) is 5.41 Å². The molecular weight excluding hydrogens is 278 g/mol. The summed E-state index contributed by atoms with van der Waals surface area (Å²) in [6.07, 6.45) is 0.654. The summed E-state index contributed by atoms with van der Waals surface area (Å²) in [5.41, 5.74) is 1.23. The van der Waals surface area contributed by atoms with Gasteiger partial charge >= 0.3 is 0 Å². The van der Waals surface area contributed by atoms with Gasteiger partial charge in [-0.15, -0.1) is 0 Å². The van der Waals surface area contributed by atoms with Crippen molar-refractivity contribution < 1.29 is 9.90 Å². The number of rotatable bonds is 6. The molecule has 5 nitrogen and oxygen atoms in total. The van der Waals surface area contributed by atoms with Crippen LogP contribution in [0.2, 0.25) is 0 Å². The molecule has 1 aromatic heterocycles. The van der Waals surface area contributed by atoms with Crippen LogP contribution in [0, 0.1) is 5.41 Å². The maximum atomic E-state index is 12.4. The summed E-state index contributed by atoms with van der Waals surface area (Å²) in [5, 5.41) is 16.5. The first-order valence-electron chi connectivity index (χ1n) is 7.97.